The molecule has 1 fully saturated rings. The Morgan fingerprint density at radius 3 is 2.83 bits per heavy atom. The zero-order valence-corrected chi connectivity index (χ0v) is 10.6. The summed E-state index contributed by atoms with van der Waals surface area (Å²) >= 11 is 1.03. The van der Waals surface area contributed by atoms with Crippen LogP contribution in [0.2, 0.25) is 0 Å². The highest BCUT2D eigenvalue weighted by Gasteiger charge is 2.23. The molecule has 0 aliphatic carbocycles. The molecule has 1 aromatic heterocycles. The fraction of sp³-hybridized carbons (Fsp3) is 0.455. The van der Waals surface area contributed by atoms with Gasteiger partial charge in [0, 0.05) is 0 Å². The second-order valence-corrected chi connectivity index (χ2v) is 4.90. The number of amides is 1. The molecule has 0 spiro atoms. The molecule has 1 aliphatic heterocycles. The zero-order valence-electron chi connectivity index (χ0n) is 9.76. The Kier molecular flexibility index (Phi) is 3.95. The minimum Gasteiger partial charge on any atom is -0.477 e. The maximum absolute atomic E-state index is 11.8. The third kappa shape index (κ3) is 2.87. The highest BCUT2D eigenvalue weighted by molar-refractivity contribution is 7.18. The Labute approximate surface area is 108 Å². The van der Waals surface area contributed by atoms with E-state index in [9.17, 15) is 9.59 Å². The van der Waals surface area contributed by atoms with Crippen LogP contribution in [-0.2, 0) is 14.3 Å². The van der Waals surface area contributed by atoms with Crippen molar-refractivity contribution in [2.24, 2.45) is 0 Å². The van der Waals surface area contributed by atoms with E-state index in [0.717, 1.165) is 11.3 Å². The molecule has 6 nitrogen and oxygen atoms in total. The number of rotatable bonds is 3. The quantitative estimate of drug-likeness (QED) is 0.860. The van der Waals surface area contributed by atoms with Crippen LogP contribution < -0.4 is 5.32 Å². The van der Waals surface area contributed by atoms with E-state index in [4.69, 9.17) is 14.6 Å². The Bertz CT molecular complexity index is 464. The molecule has 0 bridgehead atoms. The summed E-state index contributed by atoms with van der Waals surface area (Å²) in [5.74, 6) is -1.30. The highest BCUT2D eigenvalue weighted by atomic mass is 32.1. The van der Waals surface area contributed by atoms with Gasteiger partial charge in [0.15, 0.2) is 6.10 Å². The summed E-state index contributed by atoms with van der Waals surface area (Å²) in [4.78, 5) is 22.9. The number of ether oxygens (including phenoxy) is 2. The molecule has 0 aromatic carbocycles. The molecular formula is C11H13NO5S. The maximum Gasteiger partial charge on any atom is 0.346 e. The molecule has 0 saturated carbocycles. The van der Waals surface area contributed by atoms with Gasteiger partial charge in [-0.2, -0.15) is 0 Å². The van der Waals surface area contributed by atoms with Crippen LogP contribution in [0.15, 0.2) is 6.07 Å². The minimum atomic E-state index is -0.991. The van der Waals surface area contributed by atoms with Gasteiger partial charge in [-0.25, -0.2) is 4.79 Å². The second-order valence-electron chi connectivity index (χ2n) is 3.85. The lowest BCUT2D eigenvalue weighted by Crippen LogP contribution is -2.38. The number of anilines is 1. The van der Waals surface area contributed by atoms with Crippen molar-refractivity contribution in [2.45, 2.75) is 13.0 Å². The van der Waals surface area contributed by atoms with Crippen molar-refractivity contribution >= 4 is 28.2 Å². The number of nitrogens with one attached hydrogen (secondary N) is 1. The Balaban J connectivity index is 2.02. The number of hydrogen-bond acceptors (Lipinski definition) is 5. The number of carboxylic acids is 1. The monoisotopic (exact) mass is 271 g/mol. The normalized spacial score (nSPS) is 19.5. The van der Waals surface area contributed by atoms with Crippen LogP contribution in [-0.4, -0.2) is 42.9 Å². The second kappa shape index (κ2) is 5.47. The van der Waals surface area contributed by atoms with Crippen molar-refractivity contribution in [3.05, 3.63) is 16.5 Å². The van der Waals surface area contributed by atoms with Crippen LogP contribution in [0.3, 0.4) is 0 Å². The molecule has 1 unspecified atom stereocenters. The number of hydrogen-bond donors (Lipinski definition) is 2. The smallest absolute Gasteiger partial charge is 0.346 e. The zero-order chi connectivity index (χ0) is 13.1. The van der Waals surface area contributed by atoms with Crippen LogP contribution >= 0.6 is 11.3 Å². The number of thiophene rings is 1. The van der Waals surface area contributed by atoms with Gasteiger partial charge in [-0.15, -0.1) is 11.3 Å². The van der Waals surface area contributed by atoms with Crippen molar-refractivity contribution in [2.75, 3.05) is 25.1 Å². The molecule has 2 N–H and O–H groups in total. The van der Waals surface area contributed by atoms with E-state index in [-0.39, 0.29) is 17.4 Å². The summed E-state index contributed by atoms with van der Waals surface area (Å²) < 4.78 is 10.4. The lowest BCUT2D eigenvalue weighted by Gasteiger charge is -2.21. The van der Waals surface area contributed by atoms with Crippen LogP contribution in [0.1, 0.15) is 15.2 Å². The van der Waals surface area contributed by atoms with Gasteiger partial charge in [0.25, 0.3) is 5.91 Å². The molecule has 1 atom stereocenters. The third-order valence-electron chi connectivity index (χ3n) is 2.47. The predicted molar refractivity (Wildman–Crippen MR) is 65.2 cm³/mol. The molecular weight excluding hydrogens is 258 g/mol. The molecule has 1 saturated heterocycles. The molecule has 2 heterocycles. The highest BCUT2D eigenvalue weighted by Crippen LogP contribution is 2.26. The van der Waals surface area contributed by atoms with Gasteiger partial charge in [0.1, 0.15) is 4.88 Å². The van der Waals surface area contributed by atoms with Crippen molar-refractivity contribution in [3.8, 4) is 0 Å². The van der Waals surface area contributed by atoms with Gasteiger partial charge in [-0.3, -0.25) is 4.79 Å². The fourth-order valence-electron chi connectivity index (χ4n) is 1.60. The maximum atomic E-state index is 11.8. The average molecular weight is 271 g/mol. The van der Waals surface area contributed by atoms with Crippen LogP contribution in [0, 0.1) is 6.92 Å². The van der Waals surface area contributed by atoms with Crippen molar-refractivity contribution in [3.63, 3.8) is 0 Å². The van der Waals surface area contributed by atoms with Crippen LogP contribution in [0.5, 0.6) is 0 Å². The average Bonchev–Trinajstić information content (AvgIpc) is 2.71. The minimum absolute atomic E-state index is 0.224. The molecule has 1 aliphatic rings. The first kappa shape index (κ1) is 13.0. The molecule has 1 aromatic rings. The summed E-state index contributed by atoms with van der Waals surface area (Å²) in [6, 6.07) is 1.63. The van der Waals surface area contributed by atoms with Crippen LogP contribution in [0.4, 0.5) is 5.00 Å². The molecule has 98 valence electrons. The number of carbonyl (C=O) groups is 2. The Hall–Kier alpha value is -1.44. The number of aromatic carboxylic acids is 1. The summed E-state index contributed by atoms with van der Waals surface area (Å²) in [7, 11) is 0. The van der Waals surface area contributed by atoms with E-state index in [0.29, 0.717) is 23.8 Å². The molecule has 7 heteroatoms. The summed E-state index contributed by atoms with van der Waals surface area (Å²) in [5.41, 5.74) is 0.628. The van der Waals surface area contributed by atoms with E-state index in [1.54, 1.807) is 13.0 Å². The van der Waals surface area contributed by atoms with Crippen molar-refractivity contribution in [1.82, 2.24) is 0 Å². The molecule has 2 rings (SSSR count). The lowest BCUT2D eigenvalue weighted by molar-refractivity contribution is -0.142. The lowest BCUT2D eigenvalue weighted by atomic mass is 10.3. The Morgan fingerprint density at radius 2 is 2.28 bits per heavy atom. The number of carboxylic acid groups (broad SMARTS) is 1. The first-order valence-electron chi connectivity index (χ1n) is 5.42. The van der Waals surface area contributed by atoms with Gasteiger partial charge < -0.3 is 19.9 Å². The van der Waals surface area contributed by atoms with E-state index < -0.39 is 12.1 Å². The van der Waals surface area contributed by atoms with Crippen LogP contribution in [0.25, 0.3) is 0 Å². The third-order valence-corrected chi connectivity index (χ3v) is 3.61. The molecule has 0 radical (unpaired) electrons. The summed E-state index contributed by atoms with van der Waals surface area (Å²) in [6.45, 7) is 2.80. The van der Waals surface area contributed by atoms with E-state index >= 15 is 0 Å². The first-order chi connectivity index (χ1) is 8.58. The number of aryl methyl sites for hydroxylation is 1. The van der Waals surface area contributed by atoms with Gasteiger partial charge in [0.2, 0.25) is 0 Å². The predicted octanol–water partition coefficient (Wildman–Crippen LogP) is 1.11. The van der Waals surface area contributed by atoms with Crippen molar-refractivity contribution in [1.29, 1.82) is 0 Å². The Morgan fingerprint density at radius 1 is 1.50 bits per heavy atom. The van der Waals surface area contributed by atoms with Gasteiger partial charge >= 0.3 is 5.97 Å². The number of carbonyl (C=O) groups excluding carboxylic acids is 1. The van der Waals surface area contributed by atoms with Gasteiger partial charge in [0.05, 0.1) is 24.8 Å². The SMILES string of the molecule is Cc1cc(NC(=O)C2COCCO2)sc1C(=O)O. The largest absolute Gasteiger partial charge is 0.477 e. The van der Waals surface area contributed by atoms with Crippen molar-refractivity contribution < 1.29 is 24.2 Å². The van der Waals surface area contributed by atoms with E-state index in [2.05, 4.69) is 5.32 Å². The topological polar surface area (TPSA) is 84.9 Å². The summed E-state index contributed by atoms with van der Waals surface area (Å²) in [6.07, 6.45) is -0.630. The summed E-state index contributed by atoms with van der Waals surface area (Å²) in [5, 5.41) is 12.1. The standard InChI is InChI=1S/C11H13NO5S/c1-6-4-8(18-9(6)11(14)15)12-10(13)7-5-16-2-3-17-7/h4,7H,2-3,5H2,1H3,(H,12,13)(H,14,15). The van der Waals surface area contributed by atoms with E-state index in [1.165, 1.54) is 0 Å². The first-order valence-corrected chi connectivity index (χ1v) is 6.23. The van der Waals surface area contributed by atoms with E-state index in [1.807, 2.05) is 0 Å². The molecule has 18 heavy (non-hydrogen) atoms. The van der Waals surface area contributed by atoms with Gasteiger partial charge in [-0.1, -0.05) is 0 Å². The van der Waals surface area contributed by atoms with Gasteiger partial charge in [-0.05, 0) is 18.6 Å². The molecule has 1 amide bonds. The fourth-order valence-corrected chi connectivity index (χ4v) is 2.51.